The maximum Gasteiger partial charge on any atom is 0.328 e. The maximum absolute atomic E-state index is 13.3. The lowest BCUT2D eigenvalue weighted by atomic mass is 9.49. The average molecular weight is 451 g/mol. The van der Waals surface area contributed by atoms with Crippen molar-refractivity contribution in [1.82, 2.24) is 0 Å². The van der Waals surface area contributed by atoms with Crippen molar-refractivity contribution in [3.63, 3.8) is 0 Å². The summed E-state index contributed by atoms with van der Waals surface area (Å²) in [4.78, 5) is 36.4. The van der Waals surface area contributed by atoms with Gasteiger partial charge in [0.2, 0.25) is 0 Å². The number of carboxylic acids is 1. The molecular weight excluding hydrogens is 412 g/mol. The van der Waals surface area contributed by atoms with Gasteiger partial charge in [0.05, 0.1) is 12.5 Å². The zero-order valence-corrected chi connectivity index (χ0v) is 19.8. The highest BCUT2D eigenvalue weighted by molar-refractivity contribution is 5.86. The van der Waals surface area contributed by atoms with Crippen molar-refractivity contribution in [2.24, 2.45) is 35.0 Å². The van der Waals surface area contributed by atoms with Crippen molar-refractivity contribution in [2.45, 2.75) is 72.5 Å². The van der Waals surface area contributed by atoms with E-state index < -0.39 is 29.6 Å². The Labute approximate surface area is 190 Å². The number of carboxylic acid groups (broad SMARTS) is 1. The Morgan fingerprint density at radius 1 is 1.28 bits per heavy atom. The fourth-order valence-electron chi connectivity index (χ4n) is 5.98. The van der Waals surface area contributed by atoms with Crippen LogP contribution in [0.4, 0.5) is 0 Å². The number of aliphatic hydroxyl groups is 2. The smallest absolute Gasteiger partial charge is 0.328 e. The molecule has 2 aliphatic carbocycles. The van der Waals surface area contributed by atoms with Crippen molar-refractivity contribution >= 4 is 17.7 Å². The Morgan fingerprint density at radius 2 is 1.94 bits per heavy atom. The van der Waals surface area contributed by atoms with Crippen LogP contribution in [0.25, 0.3) is 0 Å². The molecule has 1 fully saturated rings. The molecule has 0 aromatic rings. The minimum atomic E-state index is -1.13. The molecule has 2 aliphatic rings. The van der Waals surface area contributed by atoms with Gasteiger partial charge in [0.1, 0.15) is 11.9 Å². The number of carbonyl (C=O) groups is 3. The highest BCUT2D eigenvalue weighted by Gasteiger charge is 2.58. The highest BCUT2D eigenvalue weighted by atomic mass is 16.6. The molecule has 0 aliphatic heterocycles. The first-order valence-electron chi connectivity index (χ1n) is 11.6. The molecule has 0 amide bonds. The fraction of sp³-hybridized carbons (Fsp3) is 0.720. The van der Waals surface area contributed by atoms with E-state index in [1.54, 1.807) is 6.92 Å². The summed E-state index contributed by atoms with van der Waals surface area (Å²) in [6.45, 7) is 9.56. The van der Waals surface area contributed by atoms with Crippen molar-refractivity contribution in [2.75, 3.05) is 6.61 Å². The number of carbonyl (C=O) groups excluding carboxylic acids is 2. The third-order valence-electron chi connectivity index (χ3n) is 7.61. The lowest BCUT2D eigenvalue weighted by Crippen LogP contribution is -2.58. The minimum Gasteiger partial charge on any atom is -0.478 e. The number of aliphatic carboxylic acids is 1. The standard InChI is InChI=1S/C25H38O7/c1-6-15(3)18-8-7-17-23(25(18,5)20(27)9-10-26)16(4)13-19(24(17)31)32-22(30)12-14(2)11-21(28)29/h7-8,11,15-19,23-24,26,31H,6,9-10,12-13H2,1-5H3,(H,28,29)/b14-11-/t15-,16-,17-,18-,19-,23+,24+,25-/m1/s1. The van der Waals surface area contributed by atoms with Crippen molar-refractivity contribution < 1.29 is 34.4 Å². The third kappa shape index (κ3) is 5.31. The van der Waals surface area contributed by atoms with E-state index in [4.69, 9.17) is 9.84 Å². The third-order valence-corrected chi connectivity index (χ3v) is 7.61. The Bertz CT molecular complexity index is 770. The molecule has 0 unspecified atom stereocenters. The topological polar surface area (TPSA) is 121 Å². The van der Waals surface area contributed by atoms with E-state index >= 15 is 0 Å². The number of aliphatic hydroxyl groups excluding tert-OH is 2. The van der Waals surface area contributed by atoms with Gasteiger partial charge < -0.3 is 20.1 Å². The van der Waals surface area contributed by atoms with Crippen molar-refractivity contribution in [3.8, 4) is 0 Å². The van der Waals surface area contributed by atoms with Gasteiger partial charge in [-0.05, 0) is 37.0 Å². The highest BCUT2D eigenvalue weighted by Crippen LogP contribution is 2.56. The quantitative estimate of drug-likeness (QED) is 0.280. The summed E-state index contributed by atoms with van der Waals surface area (Å²) in [5.41, 5.74) is -0.358. The Morgan fingerprint density at radius 3 is 2.50 bits per heavy atom. The second-order valence-corrected chi connectivity index (χ2v) is 9.82. The summed E-state index contributed by atoms with van der Waals surface area (Å²) < 4.78 is 5.57. The number of esters is 1. The number of ketones is 1. The van der Waals surface area contributed by atoms with Crippen LogP contribution in [0.1, 0.15) is 60.3 Å². The molecule has 2 rings (SSSR count). The summed E-state index contributed by atoms with van der Waals surface area (Å²) in [6, 6.07) is 0. The lowest BCUT2D eigenvalue weighted by molar-refractivity contribution is -0.175. The molecule has 0 radical (unpaired) electrons. The Kier molecular flexibility index (Phi) is 8.82. The van der Waals surface area contributed by atoms with Crippen molar-refractivity contribution in [3.05, 3.63) is 23.8 Å². The first-order valence-corrected chi connectivity index (χ1v) is 11.6. The van der Waals surface area contributed by atoms with Gasteiger partial charge in [-0.2, -0.15) is 0 Å². The van der Waals surface area contributed by atoms with Gasteiger partial charge in [-0.3, -0.25) is 9.59 Å². The molecule has 8 atom stereocenters. The van der Waals surface area contributed by atoms with Crippen LogP contribution < -0.4 is 0 Å². The van der Waals surface area contributed by atoms with E-state index in [0.717, 1.165) is 12.5 Å². The second-order valence-electron chi connectivity index (χ2n) is 9.82. The average Bonchev–Trinajstić information content (AvgIpc) is 2.70. The van der Waals surface area contributed by atoms with Crippen LogP contribution in [0.5, 0.6) is 0 Å². The van der Waals surface area contributed by atoms with Crippen molar-refractivity contribution in [1.29, 1.82) is 0 Å². The molecular formula is C25H38O7. The summed E-state index contributed by atoms with van der Waals surface area (Å²) >= 11 is 0. The van der Waals surface area contributed by atoms with E-state index in [-0.39, 0.29) is 54.8 Å². The normalized spacial score (nSPS) is 35.7. The van der Waals surface area contributed by atoms with Gasteiger partial charge in [-0.1, -0.05) is 51.8 Å². The van der Waals surface area contributed by atoms with Crippen LogP contribution >= 0.6 is 0 Å². The SMILES string of the molecule is CC[C@@H](C)[C@H]1C=C[C@H]2[C@H](O)[C@H](OC(=O)C/C(C)=C\C(=O)O)C[C@@H](C)[C@@H]2[C@@]1(C)C(=O)CCO. The number of Topliss-reactive ketones (excluding diaryl/α,β-unsaturated/α-hetero) is 1. The zero-order chi connectivity index (χ0) is 24.2. The number of hydrogen-bond donors (Lipinski definition) is 3. The molecule has 0 heterocycles. The molecule has 7 nitrogen and oxygen atoms in total. The van der Waals surface area contributed by atoms with Gasteiger partial charge in [-0.15, -0.1) is 0 Å². The number of fused-ring (bicyclic) bond motifs is 1. The molecule has 0 aromatic carbocycles. The zero-order valence-electron chi connectivity index (χ0n) is 19.8. The fourth-order valence-corrected chi connectivity index (χ4v) is 5.98. The summed E-state index contributed by atoms with van der Waals surface area (Å²) in [7, 11) is 0. The van der Waals surface area contributed by atoms with Crippen LogP contribution in [0, 0.1) is 35.0 Å². The number of rotatable bonds is 9. The lowest BCUT2D eigenvalue weighted by Gasteiger charge is -2.55. The Hall–Kier alpha value is -1.99. The predicted molar refractivity (Wildman–Crippen MR) is 120 cm³/mol. The molecule has 1 saturated carbocycles. The first-order chi connectivity index (χ1) is 15.0. The Balaban J connectivity index is 2.30. The van der Waals surface area contributed by atoms with Crippen LogP contribution in [-0.4, -0.2) is 51.9 Å². The van der Waals surface area contributed by atoms with Gasteiger partial charge in [0, 0.05) is 30.4 Å². The summed E-state index contributed by atoms with van der Waals surface area (Å²) in [5.74, 6) is -1.90. The summed E-state index contributed by atoms with van der Waals surface area (Å²) in [6.07, 6.45) is 4.55. The largest absolute Gasteiger partial charge is 0.478 e. The van der Waals surface area contributed by atoms with E-state index in [2.05, 4.69) is 13.8 Å². The molecule has 32 heavy (non-hydrogen) atoms. The second kappa shape index (κ2) is 10.8. The first kappa shape index (κ1) is 26.3. The van der Waals surface area contributed by atoms with Crippen LogP contribution in [0.15, 0.2) is 23.8 Å². The monoisotopic (exact) mass is 450 g/mol. The molecule has 180 valence electrons. The van der Waals surface area contributed by atoms with Gasteiger partial charge in [0.25, 0.3) is 0 Å². The molecule has 7 heteroatoms. The predicted octanol–water partition coefficient (Wildman–Crippen LogP) is 3.14. The van der Waals surface area contributed by atoms with E-state index in [9.17, 15) is 24.6 Å². The molecule has 3 N–H and O–H groups in total. The van der Waals surface area contributed by atoms with Gasteiger partial charge >= 0.3 is 11.9 Å². The molecule has 0 aromatic heterocycles. The summed E-state index contributed by atoms with van der Waals surface area (Å²) in [5, 5.41) is 29.4. The van der Waals surface area contributed by atoms with Gasteiger partial charge in [0.15, 0.2) is 0 Å². The number of hydrogen-bond acceptors (Lipinski definition) is 6. The number of allylic oxidation sites excluding steroid dienone is 1. The molecule has 0 spiro atoms. The van der Waals surface area contributed by atoms with Gasteiger partial charge in [-0.25, -0.2) is 4.79 Å². The number of ether oxygens (including phenoxy) is 1. The van der Waals surface area contributed by atoms with E-state index in [1.165, 1.54) is 0 Å². The minimum absolute atomic E-state index is 0.000933. The maximum atomic E-state index is 13.3. The molecule has 0 bridgehead atoms. The van der Waals surface area contributed by atoms with E-state index in [1.807, 2.05) is 26.0 Å². The molecule has 0 saturated heterocycles. The van der Waals surface area contributed by atoms with Crippen LogP contribution in [0.3, 0.4) is 0 Å². The van der Waals surface area contributed by atoms with E-state index in [0.29, 0.717) is 12.0 Å². The van der Waals surface area contributed by atoms with Crippen LogP contribution in [-0.2, 0) is 19.1 Å². The van der Waals surface area contributed by atoms with Crippen LogP contribution in [0.2, 0.25) is 0 Å².